The number of rotatable bonds is 0. The van der Waals surface area contributed by atoms with Gasteiger partial charge in [0, 0.05) is 0 Å². The Balaban J connectivity index is 0. The van der Waals surface area contributed by atoms with E-state index in [0.29, 0.717) is 0 Å². The molecule has 0 aliphatic heterocycles. The maximum atomic E-state index is 0. The van der Waals surface area contributed by atoms with E-state index < -0.39 is 0 Å². The Morgan fingerprint density at radius 2 is 0.750 bits per heavy atom. The average Bonchev–Trinajstić information content (AvgIpc) is 0. The zero-order valence-corrected chi connectivity index (χ0v) is 16.4. The zero-order chi connectivity index (χ0) is 0. The summed E-state index contributed by atoms with van der Waals surface area (Å²) in [4.78, 5) is 0. The quantitative estimate of drug-likeness (QED) is 0.255. The van der Waals surface area contributed by atoms with Crippen LogP contribution in [0.15, 0.2) is 0 Å². The molecule has 0 aromatic rings. The molecule has 0 heterocycles. The fraction of sp³-hybridized carbons (Fsp3) is 0. The third-order valence-corrected chi connectivity index (χ3v) is 0. The van der Waals surface area contributed by atoms with Crippen LogP contribution >= 0.6 is 48.0 Å². The number of hydrogen-bond acceptors (Lipinski definition) is 0. The molecule has 0 rings (SSSR count). The molecule has 0 aromatic carbocycles. The Kier molecular flexibility index (Phi) is 111. The van der Waals surface area contributed by atoms with Gasteiger partial charge in [0.2, 0.25) is 0 Å². The van der Waals surface area contributed by atoms with E-state index >= 15 is 0 Å². The number of halogens is 2. The van der Waals surface area contributed by atoms with E-state index in [0.717, 1.165) is 0 Å². The molecular weight excluding hydrogens is 583 g/mol. The van der Waals surface area contributed by atoms with Gasteiger partial charge in [-0.25, -0.2) is 0 Å². The van der Waals surface area contributed by atoms with Gasteiger partial charge in [-0.15, -0.1) is 48.0 Å². The van der Waals surface area contributed by atoms with Crippen molar-refractivity contribution in [3.8, 4) is 0 Å². The summed E-state index contributed by atoms with van der Waals surface area (Å²) in [5, 5.41) is 0. The first-order chi connectivity index (χ1) is 0. The second kappa shape index (κ2) is 16.4. The summed E-state index contributed by atoms with van der Waals surface area (Å²) in [7, 11) is 0. The summed E-state index contributed by atoms with van der Waals surface area (Å²) in [5.41, 5.74) is 0. The molecule has 0 N–H and O–H groups in total. The van der Waals surface area contributed by atoms with Crippen LogP contribution in [-0.2, 0) is 0 Å². The molecule has 0 fully saturated rings. The zero-order valence-electron chi connectivity index (χ0n) is 2.23. The molecule has 0 amide bonds. The molecule has 4 heavy (non-hydrogen) atoms. The summed E-state index contributed by atoms with van der Waals surface area (Å²) in [6.07, 6.45) is 0. The van der Waals surface area contributed by atoms with Crippen LogP contribution in [0.25, 0.3) is 0 Å². The van der Waals surface area contributed by atoms with E-state index in [-0.39, 0.29) is 99.7 Å². The van der Waals surface area contributed by atoms with E-state index in [1.807, 2.05) is 0 Å². The molecule has 0 saturated carbocycles. The Hall–Kier alpha value is 3.20. The van der Waals surface area contributed by atoms with Crippen molar-refractivity contribution in [2.24, 2.45) is 0 Å². The molecule has 0 atom stereocenters. The van der Waals surface area contributed by atoms with Gasteiger partial charge in [0.25, 0.3) is 0 Å². The van der Waals surface area contributed by atoms with Gasteiger partial charge in [0.15, 0.2) is 0 Å². The first-order valence-electron chi connectivity index (χ1n) is 0. The molecular formula is H7I2PbSb. The van der Waals surface area contributed by atoms with Gasteiger partial charge in [-0.3, -0.25) is 0 Å². The summed E-state index contributed by atoms with van der Waals surface area (Å²) in [5.74, 6) is 0. The molecule has 0 aromatic heterocycles. The molecule has 30 valence electrons. The standard InChI is InChI=1S/2HI.Pb.Sb.5H/h2*1H;;;;;;;. The van der Waals surface area contributed by atoms with Gasteiger partial charge in [-0.05, 0) is 0 Å². The van der Waals surface area contributed by atoms with E-state index in [4.69, 9.17) is 0 Å². The summed E-state index contributed by atoms with van der Waals surface area (Å²) < 4.78 is 0. The van der Waals surface area contributed by atoms with Gasteiger partial charge in [0.1, 0.15) is 0 Å². The van der Waals surface area contributed by atoms with Crippen LogP contribution in [0, 0.1) is 0 Å². The number of hydrogen-bond donors (Lipinski definition) is 0. The molecule has 0 unspecified atom stereocenters. The summed E-state index contributed by atoms with van der Waals surface area (Å²) in [6, 6.07) is 0. The molecule has 0 aliphatic carbocycles. The van der Waals surface area contributed by atoms with Crippen molar-refractivity contribution in [3.63, 3.8) is 0 Å². The summed E-state index contributed by atoms with van der Waals surface area (Å²) >= 11 is 0. The van der Waals surface area contributed by atoms with Gasteiger partial charge < -0.3 is 0 Å². The SMILES string of the molecule is I.I.[PbH2].[SbH3]. The minimum atomic E-state index is 0. The van der Waals surface area contributed by atoms with Crippen molar-refractivity contribution in [1.29, 1.82) is 0 Å². The molecule has 0 spiro atoms. The van der Waals surface area contributed by atoms with Crippen molar-refractivity contribution in [2.75, 3.05) is 0 Å². The summed E-state index contributed by atoms with van der Waals surface area (Å²) in [6.45, 7) is 0. The van der Waals surface area contributed by atoms with Gasteiger partial charge in [-0.2, -0.15) is 0 Å². The van der Waals surface area contributed by atoms with Crippen LogP contribution in [0.3, 0.4) is 0 Å². The van der Waals surface area contributed by atoms with Crippen molar-refractivity contribution in [2.45, 2.75) is 0 Å². The predicted octanol–water partition coefficient (Wildman–Crippen LogP) is -0.864. The third-order valence-electron chi connectivity index (χ3n) is 0. The van der Waals surface area contributed by atoms with E-state index in [9.17, 15) is 0 Å². The first-order valence-corrected chi connectivity index (χ1v) is 0. The average molecular weight is 590 g/mol. The Morgan fingerprint density at radius 1 is 0.750 bits per heavy atom. The molecule has 2 radical (unpaired) electrons. The fourth-order valence-electron chi connectivity index (χ4n) is 0. The van der Waals surface area contributed by atoms with Crippen molar-refractivity contribution in [1.82, 2.24) is 0 Å². The molecule has 0 aliphatic rings. The molecule has 0 nitrogen and oxygen atoms in total. The molecule has 0 bridgehead atoms. The van der Waals surface area contributed by atoms with Crippen LogP contribution in [0.4, 0.5) is 0 Å². The Bertz CT molecular complexity index is 6.00. The Morgan fingerprint density at radius 3 is 0.750 bits per heavy atom. The maximum absolute atomic E-state index is 0. The minimum absolute atomic E-state index is 0. The third kappa shape index (κ3) is 8.96. The molecule has 0 saturated heterocycles. The van der Waals surface area contributed by atoms with Crippen LogP contribution in [0.2, 0.25) is 0 Å². The van der Waals surface area contributed by atoms with Gasteiger partial charge >= 0.3 is 51.7 Å². The monoisotopic (exact) mass is 590 g/mol. The predicted molar refractivity (Wildman–Crippen MR) is 49.3 cm³/mol. The van der Waals surface area contributed by atoms with Crippen LogP contribution in [0.5, 0.6) is 0 Å². The van der Waals surface area contributed by atoms with Crippen molar-refractivity contribution < 1.29 is 0 Å². The van der Waals surface area contributed by atoms with Gasteiger partial charge in [-0.1, -0.05) is 0 Å². The van der Waals surface area contributed by atoms with Crippen LogP contribution in [-0.4, -0.2) is 51.7 Å². The van der Waals surface area contributed by atoms with Crippen molar-refractivity contribution in [3.05, 3.63) is 0 Å². The van der Waals surface area contributed by atoms with E-state index in [1.54, 1.807) is 0 Å². The van der Waals surface area contributed by atoms with Crippen LogP contribution < -0.4 is 0 Å². The second-order valence-electron chi connectivity index (χ2n) is 0. The molecule has 4 heteroatoms. The van der Waals surface area contributed by atoms with E-state index in [2.05, 4.69) is 0 Å². The van der Waals surface area contributed by atoms with E-state index in [1.165, 1.54) is 0 Å². The fourth-order valence-corrected chi connectivity index (χ4v) is 0. The Labute approximate surface area is 97.5 Å². The normalized spacial score (nSPS) is 0. The van der Waals surface area contributed by atoms with Crippen LogP contribution in [0.1, 0.15) is 0 Å². The van der Waals surface area contributed by atoms with Gasteiger partial charge in [0.05, 0.1) is 0 Å². The topological polar surface area (TPSA) is 0 Å². The van der Waals surface area contributed by atoms with Crippen molar-refractivity contribution >= 4 is 99.7 Å². The first kappa shape index (κ1) is 27.0. The second-order valence-corrected chi connectivity index (χ2v) is 0.